The van der Waals surface area contributed by atoms with Gasteiger partial charge in [-0.3, -0.25) is 9.59 Å². The molecule has 2 amide bonds. The number of halogens is 2. The van der Waals surface area contributed by atoms with Crippen molar-refractivity contribution in [2.75, 3.05) is 34.8 Å². The summed E-state index contributed by atoms with van der Waals surface area (Å²) in [4.78, 5) is 27.4. The molecule has 0 aliphatic carbocycles. The molecule has 0 radical (unpaired) electrons. The molecule has 3 rings (SSSR count). The zero-order chi connectivity index (χ0) is 19.4. The van der Waals surface area contributed by atoms with Crippen LogP contribution in [-0.2, 0) is 9.59 Å². The van der Waals surface area contributed by atoms with Crippen molar-refractivity contribution in [1.82, 2.24) is 0 Å². The molecule has 27 heavy (non-hydrogen) atoms. The lowest BCUT2D eigenvalue weighted by Gasteiger charge is -2.21. The number of anilines is 3. The van der Waals surface area contributed by atoms with E-state index in [4.69, 9.17) is 0 Å². The summed E-state index contributed by atoms with van der Waals surface area (Å²) in [5, 5.41) is 2.70. The van der Waals surface area contributed by atoms with E-state index in [0.717, 1.165) is 35.8 Å². The molecule has 1 heterocycles. The van der Waals surface area contributed by atoms with Gasteiger partial charge in [0.25, 0.3) is 0 Å². The van der Waals surface area contributed by atoms with Gasteiger partial charge in [-0.25, -0.2) is 8.78 Å². The third kappa shape index (κ3) is 4.61. The molecule has 7 heteroatoms. The van der Waals surface area contributed by atoms with E-state index in [1.165, 1.54) is 19.8 Å². The van der Waals surface area contributed by atoms with Crippen LogP contribution in [0.3, 0.4) is 0 Å². The molecular formula is C20H21F2N3O2. The number of benzene rings is 2. The van der Waals surface area contributed by atoms with E-state index < -0.39 is 23.4 Å². The first-order chi connectivity index (χ1) is 12.9. The van der Waals surface area contributed by atoms with Gasteiger partial charge in [0.05, 0.1) is 5.69 Å². The molecule has 142 valence electrons. The van der Waals surface area contributed by atoms with Crippen LogP contribution >= 0.6 is 0 Å². The Labute approximate surface area is 156 Å². The zero-order valence-corrected chi connectivity index (χ0v) is 15.0. The van der Waals surface area contributed by atoms with Crippen molar-refractivity contribution in [3.05, 3.63) is 54.1 Å². The number of carbonyl (C=O) groups is 2. The van der Waals surface area contributed by atoms with E-state index in [9.17, 15) is 18.4 Å². The first kappa shape index (κ1) is 18.8. The second-order valence-electron chi connectivity index (χ2n) is 6.49. The van der Waals surface area contributed by atoms with Gasteiger partial charge in [0, 0.05) is 37.5 Å². The van der Waals surface area contributed by atoms with Crippen LogP contribution in [0.4, 0.5) is 25.8 Å². The molecule has 0 unspecified atom stereocenters. The molecule has 0 saturated carbocycles. The standard InChI is InChI=1S/C20H21F2N3O2/c1-14(26)25(19-9-4-15(21)12-18(19)22)13-20(27)23-16-5-7-17(8-6-16)24-10-2-3-11-24/h4-9,12H,2-3,10-11,13H2,1H3,(H,23,27). The second-order valence-corrected chi connectivity index (χ2v) is 6.49. The first-order valence-corrected chi connectivity index (χ1v) is 8.82. The lowest BCUT2D eigenvalue weighted by atomic mass is 10.2. The molecule has 0 aromatic heterocycles. The molecule has 1 fully saturated rings. The normalized spacial score (nSPS) is 13.5. The molecule has 0 spiro atoms. The van der Waals surface area contributed by atoms with Gasteiger partial charge in [-0.05, 0) is 49.2 Å². The fourth-order valence-electron chi connectivity index (χ4n) is 3.14. The molecule has 1 aliphatic heterocycles. The van der Waals surface area contributed by atoms with E-state index >= 15 is 0 Å². The molecule has 1 aliphatic rings. The summed E-state index contributed by atoms with van der Waals surface area (Å²) in [6, 6.07) is 10.3. The average Bonchev–Trinajstić information content (AvgIpc) is 3.15. The van der Waals surface area contributed by atoms with Crippen LogP contribution in [0.1, 0.15) is 19.8 Å². The number of nitrogens with one attached hydrogen (secondary N) is 1. The van der Waals surface area contributed by atoms with Crippen molar-refractivity contribution in [2.45, 2.75) is 19.8 Å². The molecule has 0 atom stereocenters. The number of carbonyl (C=O) groups excluding carboxylic acids is 2. The molecule has 2 aromatic carbocycles. The van der Waals surface area contributed by atoms with Crippen molar-refractivity contribution < 1.29 is 18.4 Å². The van der Waals surface area contributed by atoms with Crippen LogP contribution in [-0.4, -0.2) is 31.4 Å². The summed E-state index contributed by atoms with van der Waals surface area (Å²) in [6.45, 7) is 2.91. The van der Waals surface area contributed by atoms with Gasteiger partial charge in [0.2, 0.25) is 11.8 Å². The topological polar surface area (TPSA) is 52.7 Å². The molecule has 0 bridgehead atoms. The largest absolute Gasteiger partial charge is 0.372 e. The summed E-state index contributed by atoms with van der Waals surface area (Å²) in [5.41, 5.74) is 1.55. The Kier molecular flexibility index (Phi) is 5.69. The summed E-state index contributed by atoms with van der Waals surface area (Å²) in [5.74, 6) is -2.63. The maximum atomic E-state index is 14.0. The van der Waals surface area contributed by atoms with Crippen molar-refractivity contribution in [3.63, 3.8) is 0 Å². The highest BCUT2D eigenvalue weighted by atomic mass is 19.1. The average molecular weight is 373 g/mol. The minimum Gasteiger partial charge on any atom is -0.372 e. The van der Waals surface area contributed by atoms with Gasteiger partial charge in [0.1, 0.15) is 18.2 Å². The quantitative estimate of drug-likeness (QED) is 0.872. The molecule has 2 aromatic rings. The predicted molar refractivity (Wildman–Crippen MR) is 101 cm³/mol. The highest BCUT2D eigenvalue weighted by Crippen LogP contribution is 2.23. The van der Waals surface area contributed by atoms with Gasteiger partial charge in [-0.1, -0.05) is 0 Å². The Bertz CT molecular complexity index is 834. The summed E-state index contributed by atoms with van der Waals surface area (Å²) < 4.78 is 27.0. The predicted octanol–water partition coefficient (Wildman–Crippen LogP) is 3.56. The summed E-state index contributed by atoms with van der Waals surface area (Å²) in [6.07, 6.45) is 2.36. The Morgan fingerprint density at radius 2 is 1.74 bits per heavy atom. The van der Waals surface area contributed by atoms with Crippen molar-refractivity contribution >= 4 is 28.9 Å². The number of nitrogens with zero attached hydrogens (tertiary/aromatic N) is 2. The monoisotopic (exact) mass is 373 g/mol. The van der Waals surface area contributed by atoms with Crippen LogP contribution in [0.15, 0.2) is 42.5 Å². The highest BCUT2D eigenvalue weighted by molar-refractivity contribution is 6.01. The maximum Gasteiger partial charge on any atom is 0.244 e. The Hall–Kier alpha value is -2.96. The lowest BCUT2D eigenvalue weighted by molar-refractivity contribution is -0.120. The fourth-order valence-corrected chi connectivity index (χ4v) is 3.14. The van der Waals surface area contributed by atoms with Gasteiger partial charge < -0.3 is 15.1 Å². The summed E-state index contributed by atoms with van der Waals surface area (Å²) >= 11 is 0. The smallest absolute Gasteiger partial charge is 0.244 e. The Morgan fingerprint density at radius 3 is 2.33 bits per heavy atom. The minimum absolute atomic E-state index is 0.136. The SMILES string of the molecule is CC(=O)N(CC(=O)Nc1ccc(N2CCCC2)cc1)c1ccc(F)cc1F. The number of hydrogen-bond donors (Lipinski definition) is 1. The van der Waals surface area contributed by atoms with Crippen molar-refractivity contribution in [3.8, 4) is 0 Å². The van der Waals surface area contributed by atoms with E-state index in [1.54, 1.807) is 12.1 Å². The van der Waals surface area contributed by atoms with Crippen LogP contribution < -0.4 is 15.1 Å². The van der Waals surface area contributed by atoms with Crippen LogP contribution in [0.5, 0.6) is 0 Å². The van der Waals surface area contributed by atoms with E-state index in [1.807, 2.05) is 12.1 Å². The van der Waals surface area contributed by atoms with Gasteiger partial charge in [-0.2, -0.15) is 0 Å². The van der Waals surface area contributed by atoms with Crippen LogP contribution in [0, 0.1) is 11.6 Å². The van der Waals surface area contributed by atoms with Gasteiger partial charge in [-0.15, -0.1) is 0 Å². The number of hydrogen-bond acceptors (Lipinski definition) is 3. The van der Waals surface area contributed by atoms with E-state index in [2.05, 4.69) is 10.2 Å². The number of amides is 2. The number of rotatable bonds is 5. The van der Waals surface area contributed by atoms with Crippen LogP contribution in [0.25, 0.3) is 0 Å². The van der Waals surface area contributed by atoms with E-state index in [0.29, 0.717) is 11.8 Å². The zero-order valence-electron chi connectivity index (χ0n) is 15.0. The first-order valence-electron chi connectivity index (χ1n) is 8.82. The molecular weight excluding hydrogens is 352 g/mol. The second kappa shape index (κ2) is 8.16. The summed E-state index contributed by atoms with van der Waals surface area (Å²) in [7, 11) is 0. The highest BCUT2D eigenvalue weighted by Gasteiger charge is 2.20. The molecule has 1 N–H and O–H groups in total. The fraction of sp³-hybridized carbons (Fsp3) is 0.300. The van der Waals surface area contributed by atoms with Crippen LogP contribution in [0.2, 0.25) is 0 Å². The minimum atomic E-state index is -0.895. The van der Waals surface area contributed by atoms with Gasteiger partial charge >= 0.3 is 0 Å². The third-order valence-electron chi connectivity index (χ3n) is 4.50. The molecule has 1 saturated heterocycles. The maximum absolute atomic E-state index is 14.0. The lowest BCUT2D eigenvalue weighted by Crippen LogP contribution is -2.37. The Balaban J connectivity index is 1.66. The third-order valence-corrected chi connectivity index (χ3v) is 4.50. The molecule has 5 nitrogen and oxygen atoms in total. The van der Waals surface area contributed by atoms with E-state index in [-0.39, 0.29) is 12.2 Å². The Morgan fingerprint density at radius 1 is 1.07 bits per heavy atom. The van der Waals surface area contributed by atoms with Crippen molar-refractivity contribution in [1.29, 1.82) is 0 Å². The van der Waals surface area contributed by atoms with Gasteiger partial charge in [0.15, 0.2) is 0 Å². The van der Waals surface area contributed by atoms with Crippen molar-refractivity contribution in [2.24, 2.45) is 0 Å².